The van der Waals surface area contributed by atoms with Crippen molar-refractivity contribution in [2.24, 2.45) is 0 Å². The van der Waals surface area contributed by atoms with Crippen LogP contribution >= 0.6 is 11.8 Å². The second-order valence-electron chi connectivity index (χ2n) is 6.01. The minimum absolute atomic E-state index is 0.000106. The molecule has 5 heteroatoms. The van der Waals surface area contributed by atoms with Gasteiger partial charge in [-0.05, 0) is 42.7 Å². The normalized spacial score (nSPS) is 13.5. The molecule has 0 saturated carbocycles. The van der Waals surface area contributed by atoms with Crippen LogP contribution in [0.3, 0.4) is 0 Å². The van der Waals surface area contributed by atoms with Gasteiger partial charge in [0, 0.05) is 30.1 Å². The first kappa shape index (κ1) is 17.5. The van der Waals surface area contributed by atoms with Crippen molar-refractivity contribution in [2.75, 3.05) is 22.5 Å². The Morgan fingerprint density at radius 1 is 1.16 bits per heavy atom. The fourth-order valence-electron chi connectivity index (χ4n) is 3.02. The van der Waals surface area contributed by atoms with Gasteiger partial charge in [0.15, 0.2) is 0 Å². The molecule has 2 amide bonds. The van der Waals surface area contributed by atoms with Gasteiger partial charge in [0.05, 0.1) is 5.75 Å². The quantitative estimate of drug-likeness (QED) is 0.857. The number of carbonyl (C=O) groups excluding carboxylic acids is 2. The molecule has 130 valence electrons. The molecule has 1 N–H and O–H groups in total. The molecule has 0 unspecified atom stereocenters. The summed E-state index contributed by atoms with van der Waals surface area (Å²) in [6.07, 6.45) is 1.27. The van der Waals surface area contributed by atoms with Crippen molar-refractivity contribution >= 4 is 35.0 Å². The van der Waals surface area contributed by atoms with Gasteiger partial charge in [-0.15, -0.1) is 11.8 Å². The van der Waals surface area contributed by atoms with Crippen LogP contribution in [0.25, 0.3) is 0 Å². The zero-order valence-electron chi connectivity index (χ0n) is 14.3. The molecule has 25 heavy (non-hydrogen) atoms. The van der Waals surface area contributed by atoms with Crippen LogP contribution in [0.4, 0.5) is 11.4 Å². The summed E-state index contributed by atoms with van der Waals surface area (Å²) in [4.78, 5) is 25.9. The van der Waals surface area contributed by atoms with E-state index >= 15 is 0 Å². The highest BCUT2D eigenvalue weighted by atomic mass is 32.2. The summed E-state index contributed by atoms with van der Waals surface area (Å²) in [5.74, 6) is 1.42. The Morgan fingerprint density at radius 2 is 1.96 bits per heavy atom. The number of benzene rings is 2. The molecule has 3 rings (SSSR count). The molecule has 0 aromatic heterocycles. The summed E-state index contributed by atoms with van der Waals surface area (Å²) in [7, 11) is 0. The van der Waals surface area contributed by atoms with Gasteiger partial charge < -0.3 is 10.2 Å². The van der Waals surface area contributed by atoms with Crippen LogP contribution in [0.2, 0.25) is 0 Å². The summed E-state index contributed by atoms with van der Waals surface area (Å²) in [5, 5.41) is 2.96. The van der Waals surface area contributed by atoms with Crippen molar-refractivity contribution in [3.05, 3.63) is 59.7 Å². The maximum absolute atomic E-state index is 12.1. The molecule has 4 nitrogen and oxygen atoms in total. The molecule has 0 spiro atoms. The molecular formula is C20H22N2O2S. The molecule has 0 saturated heterocycles. The zero-order chi connectivity index (χ0) is 17.6. The van der Waals surface area contributed by atoms with Crippen LogP contribution in [-0.2, 0) is 21.8 Å². The molecule has 0 atom stereocenters. The highest BCUT2D eigenvalue weighted by Gasteiger charge is 2.22. The van der Waals surface area contributed by atoms with Crippen molar-refractivity contribution in [3.63, 3.8) is 0 Å². The lowest BCUT2D eigenvalue weighted by atomic mass is 10.0. The predicted octanol–water partition coefficient (Wildman–Crippen LogP) is 3.86. The van der Waals surface area contributed by atoms with Crippen molar-refractivity contribution in [2.45, 2.75) is 25.5 Å². The highest BCUT2D eigenvalue weighted by molar-refractivity contribution is 7.99. The fourth-order valence-corrected chi connectivity index (χ4v) is 3.81. The predicted molar refractivity (Wildman–Crippen MR) is 104 cm³/mol. The highest BCUT2D eigenvalue weighted by Crippen LogP contribution is 2.30. The fraction of sp³-hybridized carbons (Fsp3) is 0.300. The zero-order valence-corrected chi connectivity index (χ0v) is 15.1. The third-order valence-corrected chi connectivity index (χ3v) is 5.23. The summed E-state index contributed by atoms with van der Waals surface area (Å²) in [5.41, 5.74) is 4.11. The van der Waals surface area contributed by atoms with E-state index in [1.54, 1.807) is 16.7 Å². The van der Waals surface area contributed by atoms with Crippen LogP contribution in [0.5, 0.6) is 0 Å². The lowest BCUT2D eigenvalue weighted by Crippen LogP contribution is -2.34. The van der Waals surface area contributed by atoms with E-state index < -0.39 is 0 Å². The van der Waals surface area contributed by atoms with Gasteiger partial charge in [-0.25, -0.2) is 0 Å². The third kappa shape index (κ3) is 4.42. The number of thioether (sulfide) groups is 1. The molecule has 1 heterocycles. The lowest BCUT2D eigenvalue weighted by molar-refractivity contribution is -0.119. The van der Waals surface area contributed by atoms with E-state index in [2.05, 4.69) is 17.4 Å². The Hall–Kier alpha value is -2.27. The summed E-state index contributed by atoms with van der Waals surface area (Å²) < 4.78 is 0. The number of hydrogen-bond donors (Lipinski definition) is 1. The molecular weight excluding hydrogens is 332 g/mol. The average Bonchev–Trinajstić information content (AvgIpc) is 2.62. The molecule has 0 fully saturated rings. The van der Waals surface area contributed by atoms with Crippen LogP contribution in [0.15, 0.2) is 48.5 Å². The second kappa shape index (κ2) is 8.21. The van der Waals surface area contributed by atoms with Gasteiger partial charge >= 0.3 is 0 Å². The van der Waals surface area contributed by atoms with E-state index in [0.29, 0.717) is 18.7 Å². The number of anilines is 2. The van der Waals surface area contributed by atoms with Crippen molar-refractivity contribution in [1.29, 1.82) is 0 Å². The standard InChI is InChI=1S/C20H22N2O2S/c1-2-22-18-10-9-17(12-16(18)8-11-20(22)24)21-19(23)14-25-13-15-6-4-3-5-7-15/h3-7,9-10,12H,2,8,11,13-14H2,1H3,(H,21,23). The van der Waals surface area contributed by atoms with E-state index in [4.69, 9.17) is 0 Å². The average molecular weight is 354 g/mol. The molecule has 1 aliphatic heterocycles. The Bertz CT molecular complexity index is 762. The molecule has 0 aliphatic carbocycles. The Labute approximate surface area is 152 Å². The topological polar surface area (TPSA) is 49.4 Å². The maximum atomic E-state index is 12.1. The number of rotatable bonds is 6. The number of fused-ring (bicyclic) bond motifs is 1. The van der Waals surface area contributed by atoms with Crippen LogP contribution in [0, 0.1) is 0 Å². The minimum Gasteiger partial charge on any atom is -0.325 e. The van der Waals surface area contributed by atoms with Gasteiger partial charge in [-0.3, -0.25) is 9.59 Å². The number of hydrogen-bond acceptors (Lipinski definition) is 3. The SMILES string of the molecule is CCN1C(=O)CCc2cc(NC(=O)CSCc3ccccc3)ccc21. The summed E-state index contributed by atoms with van der Waals surface area (Å²) in [6, 6.07) is 15.9. The van der Waals surface area contributed by atoms with Crippen molar-refractivity contribution < 1.29 is 9.59 Å². The molecule has 0 radical (unpaired) electrons. The van der Waals surface area contributed by atoms with E-state index in [1.165, 1.54) is 5.56 Å². The molecule has 0 bridgehead atoms. The number of nitrogens with zero attached hydrogens (tertiary/aromatic N) is 1. The Balaban J connectivity index is 1.56. The first-order chi connectivity index (χ1) is 12.2. The van der Waals surface area contributed by atoms with Gasteiger partial charge in [0.1, 0.15) is 0 Å². The van der Waals surface area contributed by atoms with Crippen LogP contribution in [0.1, 0.15) is 24.5 Å². The van der Waals surface area contributed by atoms with E-state index in [9.17, 15) is 9.59 Å². The lowest BCUT2D eigenvalue weighted by Gasteiger charge is -2.28. The van der Waals surface area contributed by atoms with Gasteiger partial charge in [0.25, 0.3) is 0 Å². The Morgan fingerprint density at radius 3 is 2.72 bits per heavy atom. The number of nitrogens with one attached hydrogen (secondary N) is 1. The van der Waals surface area contributed by atoms with E-state index in [-0.39, 0.29) is 11.8 Å². The largest absolute Gasteiger partial charge is 0.325 e. The first-order valence-electron chi connectivity index (χ1n) is 8.52. The molecule has 2 aromatic carbocycles. The monoisotopic (exact) mass is 354 g/mol. The van der Waals surface area contributed by atoms with Gasteiger partial charge in [-0.1, -0.05) is 30.3 Å². The first-order valence-corrected chi connectivity index (χ1v) is 9.67. The minimum atomic E-state index is 0.000106. The van der Waals surface area contributed by atoms with E-state index in [0.717, 1.165) is 29.1 Å². The molecule has 1 aliphatic rings. The number of amides is 2. The maximum Gasteiger partial charge on any atom is 0.234 e. The van der Waals surface area contributed by atoms with Crippen molar-refractivity contribution in [1.82, 2.24) is 0 Å². The number of aryl methyl sites for hydroxylation is 1. The third-order valence-electron chi connectivity index (χ3n) is 4.22. The second-order valence-corrected chi connectivity index (χ2v) is 6.99. The van der Waals surface area contributed by atoms with E-state index in [1.807, 2.05) is 43.3 Å². The van der Waals surface area contributed by atoms with Gasteiger partial charge in [0.2, 0.25) is 11.8 Å². The summed E-state index contributed by atoms with van der Waals surface area (Å²) >= 11 is 1.60. The van der Waals surface area contributed by atoms with Gasteiger partial charge in [-0.2, -0.15) is 0 Å². The Kier molecular flexibility index (Phi) is 5.76. The molecule has 2 aromatic rings. The number of carbonyl (C=O) groups is 2. The smallest absolute Gasteiger partial charge is 0.234 e. The van der Waals surface area contributed by atoms with Crippen LogP contribution in [-0.4, -0.2) is 24.1 Å². The van der Waals surface area contributed by atoms with Crippen LogP contribution < -0.4 is 10.2 Å². The summed E-state index contributed by atoms with van der Waals surface area (Å²) in [6.45, 7) is 2.65. The van der Waals surface area contributed by atoms with Crippen molar-refractivity contribution in [3.8, 4) is 0 Å².